The molecule has 3 nitrogen and oxygen atoms in total. The van der Waals surface area contributed by atoms with Crippen LogP contribution in [0, 0.1) is 6.92 Å². The lowest BCUT2D eigenvalue weighted by atomic mass is 10.2. The van der Waals surface area contributed by atoms with Crippen molar-refractivity contribution in [1.82, 2.24) is 0 Å². The second kappa shape index (κ2) is 6.95. The third kappa shape index (κ3) is 3.35. The van der Waals surface area contributed by atoms with Crippen molar-refractivity contribution in [2.24, 2.45) is 0 Å². The van der Waals surface area contributed by atoms with Crippen molar-refractivity contribution < 1.29 is 8.98 Å². The Balaban J connectivity index is 1.76. The molecule has 0 spiro atoms. The molecule has 2 heterocycles. The zero-order valence-corrected chi connectivity index (χ0v) is 14.8. The van der Waals surface area contributed by atoms with Crippen molar-refractivity contribution >= 4 is 22.2 Å². The van der Waals surface area contributed by atoms with Gasteiger partial charge in [-0.05, 0) is 30.7 Å². The Morgan fingerprint density at radius 1 is 0.960 bits per heavy atom. The molecule has 0 bridgehead atoms. The SMILES string of the molecule is Cc1ccccc1Nc1scc(-c2ccccc2)[n+]1Cc1ccco1. The van der Waals surface area contributed by atoms with Crippen LogP contribution >= 0.6 is 11.3 Å². The lowest BCUT2D eigenvalue weighted by Gasteiger charge is -2.06. The van der Waals surface area contributed by atoms with Gasteiger partial charge in [-0.15, -0.1) is 0 Å². The Hall–Kier alpha value is -2.85. The van der Waals surface area contributed by atoms with Gasteiger partial charge in [0.25, 0.3) is 0 Å². The molecule has 0 aliphatic rings. The van der Waals surface area contributed by atoms with Gasteiger partial charge in [0.15, 0.2) is 0 Å². The first-order chi connectivity index (χ1) is 12.3. The molecule has 0 saturated heterocycles. The average Bonchev–Trinajstić information content (AvgIpc) is 3.29. The largest absolute Gasteiger partial charge is 0.465 e. The number of para-hydroxylation sites is 1. The van der Waals surface area contributed by atoms with Gasteiger partial charge in [-0.25, -0.2) is 9.88 Å². The highest BCUT2D eigenvalue weighted by atomic mass is 32.1. The Labute approximate surface area is 151 Å². The third-order valence-corrected chi connectivity index (χ3v) is 5.06. The standard InChI is InChI=1S/C21H18N2OS/c1-16-8-5-6-12-19(16)22-21-23(14-18-11-7-13-24-18)20(15-25-21)17-9-3-2-4-10-17/h2-13,15H,14H2,1H3/p+1. The number of rotatable bonds is 5. The number of thiazole rings is 1. The summed E-state index contributed by atoms with van der Waals surface area (Å²) in [4.78, 5) is 0. The summed E-state index contributed by atoms with van der Waals surface area (Å²) in [5, 5.41) is 6.86. The van der Waals surface area contributed by atoms with E-state index in [0.29, 0.717) is 6.54 Å². The molecule has 1 N–H and O–H groups in total. The van der Waals surface area contributed by atoms with E-state index in [-0.39, 0.29) is 0 Å². The fourth-order valence-corrected chi connectivity index (χ4v) is 3.77. The van der Waals surface area contributed by atoms with Gasteiger partial charge in [0, 0.05) is 10.9 Å². The molecule has 124 valence electrons. The van der Waals surface area contributed by atoms with Gasteiger partial charge >= 0.3 is 5.13 Å². The van der Waals surface area contributed by atoms with Gasteiger partial charge < -0.3 is 4.42 Å². The predicted molar refractivity (Wildman–Crippen MR) is 102 cm³/mol. The Bertz CT molecular complexity index is 959. The summed E-state index contributed by atoms with van der Waals surface area (Å²) in [6, 6.07) is 22.7. The maximum atomic E-state index is 5.58. The highest BCUT2D eigenvalue weighted by molar-refractivity contribution is 7.13. The predicted octanol–water partition coefficient (Wildman–Crippen LogP) is 5.40. The summed E-state index contributed by atoms with van der Waals surface area (Å²) in [5.74, 6) is 0.938. The van der Waals surface area contributed by atoms with E-state index < -0.39 is 0 Å². The summed E-state index contributed by atoms with van der Waals surface area (Å²) >= 11 is 1.71. The van der Waals surface area contributed by atoms with Crippen LogP contribution in [0.4, 0.5) is 10.8 Å². The lowest BCUT2D eigenvalue weighted by molar-refractivity contribution is -0.660. The highest BCUT2D eigenvalue weighted by Gasteiger charge is 2.21. The summed E-state index contributed by atoms with van der Waals surface area (Å²) in [6.07, 6.45) is 1.72. The van der Waals surface area contributed by atoms with E-state index in [9.17, 15) is 0 Å². The summed E-state index contributed by atoms with van der Waals surface area (Å²) in [5.41, 5.74) is 4.72. The fourth-order valence-electron chi connectivity index (χ4n) is 2.82. The minimum Gasteiger partial charge on any atom is -0.465 e. The van der Waals surface area contributed by atoms with Gasteiger partial charge in [0.2, 0.25) is 0 Å². The van der Waals surface area contributed by atoms with Gasteiger partial charge in [0.1, 0.15) is 23.7 Å². The maximum Gasteiger partial charge on any atom is 0.339 e. The second-order valence-corrected chi connectivity index (χ2v) is 6.76. The number of benzene rings is 2. The molecule has 4 heteroatoms. The lowest BCUT2D eigenvalue weighted by Crippen LogP contribution is -2.36. The summed E-state index contributed by atoms with van der Waals surface area (Å²) in [7, 11) is 0. The van der Waals surface area contributed by atoms with Gasteiger partial charge in [0.05, 0.1) is 6.26 Å². The number of hydrogen-bond donors (Lipinski definition) is 1. The van der Waals surface area contributed by atoms with E-state index in [1.54, 1.807) is 17.6 Å². The van der Waals surface area contributed by atoms with Crippen LogP contribution in [-0.4, -0.2) is 0 Å². The quantitative estimate of drug-likeness (QED) is 0.490. The Kier molecular flexibility index (Phi) is 4.36. The molecular weight excluding hydrogens is 328 g/mol. The van der Waals surface area contributed by atoms with Crippen LogP contribution in [0.1, 0.15) is 11.3 Å². The zero-order chi connectivity index (χ0) is 17.1. The minimum absolute atomic E-state index is 0.689. The second-order valence-electron chi connectivity index (χ2n) is 5.90. The summed E-state index contributed by atoms with van der Waals surface area (Å²) in [6.45, 7) is 2.81. The van der Waals surface area contributed by atoms with Gasteiger partial charge in [-0.3, -0.25) is 0 Å². The third-order valence-electron chi connectivity index (χ3n) is 4.17. The topological polar surface area (TPSA) is 29.1 Å². The van der Waals surface area contributed by atoms with E-state index in [1.807, 2.05) is 18.2 Å². The van der Waals surface area contributed by atoms with Crippen molar-refractivity contribution in [3.63, 3.8) is 0 Å². The van der Waals surface area contributed by atoms with Crippen LogP contribution in [0.25, 0.3) is 11.3 Å². The number of aromatic nitrogens is 1. The van der Waals surface area contributed by atoms with E-state index in [0.717, 1.165) is 16.6 Å². The van der Waals surface area contributed by atoms with E-state index in [1.165, 1.54) is 16.8 Å². The van der Waals surface area contributed by atoms with Crippen molar-refractivity contribution in [2.75, 3.05) is 5.32 Å². The monoisotopic (exact) mass is 347 g/mol. The van der Waals surface area contributed by atoms with Crippen LogP contribution in [0.15, 0.2) is 82.8 Å². The molecule has 2 aromatic heterocycles. The number of hydrogen-bond acceptors (Lipinski definition) is 3. The molecule has 2 aromatic carbocycles. The fraction of sp³-hybridized carbons (Fsp3) is 0.0952. The van der Waals surface area contributed by atoms with Gasteiger partial charge in [-0.2, -0.15) is 0 Å². The van der Waals surface area contributed by atoms with E-state index >= 15 is 0 Å². The normalized spacial score (nSPS) is 10.8. The molecule has 0 fully saturated rings. The highest BCUT2D eigenvalue weighted by Crippen LogP contribution is 2.27. The number of nitrogens with one attached hydrogen (secondary N) is 1. The number of aryl methyl sites for hydroxylation is 1. The van der Waals surface area contributed by atoms with Gasteiger partial charge in [-0.1, -0.05) is 59.9 Å². The van der Waals surface area contributed by atoms with Crippen molar-refractivity contribution in [1.29, 1.82) is 0 Å². The molecule has 0 amide bonds. The van der Waals surface area contributed by atoms with Crippen molar-refractivity contribution in [3.05, 3.63) is 89.7 Å². The molecule has 25 heavy (non-hydrogen) atoms. The molecule has 0 aliphatic carbocycles. The molecule has 4 rings (SSSR count). The van der Waals surface area contributed by atoms with Crippen LogP contribution in [0.3, 0.4) is 0 Å². The Morgan fingerprint density at radius 3 is 2.52 bits per heavy atom. The van der Waals surface area contributed by atoms with Crippen LogP contribution in [-0.2, 0) is 6.54 Å². The first-order valence-electron chi connectivity index (χ1n) is 8.23. The van der Waals surface area contributed by atoms with Crippen molar-refractivity contribution in [2.45, 2.75) is 13.5 Å². The molecule has 0 aliphatic heterocycles. The maximum absolute atomic E-state index is 5.58. The molecule has 4 aromatic rings. The number of nitrogens with zero attached hydrogens (tertiary/aromatic N) is 1. The number of furan rings is 1. The molecule has 0 saturated carbocycles. The van der Waals surface area contributed by atoms with E-state index in [2.05, 4.69) is 70.7 Å². The number of anilines is 2. The summed E-state index contributed by atoms with van der Waals surface area (Å²) < 4.78 is 7.85. The molecule has 0 radical (unpaired) electrons. The van der Waals surface area contributed by atoms with Crippen molar-refractivity contribution in [3.8, 4) is 11.3 Å². The molecule has 0 unspecified atom stereocenters. The van der Waals surface area contributed by atoms with E-state index in [4.69, 9.17) is 4.42 Å². The minimum atomic E-state index is 0.689. The first kappa shape index (κ1) is 15.7. The smallest absolute Gasteiger partial charge is 0.339 e. The van der Waals surface area contributed by atoms with Crippen LogP contribution in [0.5, 0.6) is 0 Å². The first-order valence-corrected chi connectivity index (χ1v) is 9.11. The molecular formula is C21H19N2OS+. The Morgan fingerprint density at radius 2 is 1.76 bits per heavy atom. The average molecular weight is 347 g/mol. The van der Waals surface area contributed by atoms with Crippen LogP contribution in [0.2, 0.25) is 0 Å². The zero-order valence-electron chi connectivity index (χ0n) is 14.0. The van der Waals surface area contributed by atoms with Crippen LogP contribution < -0.4 is 9.88 Å². The molecule has 0 atom stereocenters.